The molecule has 1 aromatic heterocycles. The van der Waals surface area contributed by atoms with Gasteiger partial charge in [0, 0.05) is 10.9 Å². The molecule has 15 heavy (non-hydrogen) atoms. The van der Waals surface area contributed by atoms with Crippen LogP contribution in [0.1, 0.15) is 50.6 Å². The Morgan fingerprint density at radius 2 is 2.07 bits per heavy atom. The first-order valence-corrected chi connectivity index (χ1v) is 6.68. The third kappa shape index (κ3) is 2.82. The number of rotatable bonds is 5. The molecule has 1 unspecified atom stereocenters. The molecule has 0 bridgehead atoms. The third-order valence-electron chi connectivity index (χ3n) is 3.26. The fourth-order valence-corrected chi connectivity index (χ4v) is 3.02. The zero-order valence-corrected chi connectivity index (χ0v) is 11.4. The van der Waals surface area contributed by atoms with E-state index in [-0.39, 0.29) is 0 Å². The van der Waals surface area contributed by atoms with Crippen LogP contribution in [0.3, 0.4) is 0 Å². The maximum Gasteiger partial charge on any atom is 0.0469 e. The van der Waals surface area contributed by atoms with Gasteiger partial charge in [0.2, 0.25) is 0 Å². The molecule has 1 aromatic rings. The molecule has 0 amide bonds. The highest BCUT2D eigenvalue weighted by atomic mass is 32.1. The summed E-state index contributed by atoms with van der Waals surface area (Å²) in [6, 6.07) is 2.71. The summed E-state index contributed by atoms with van der Waals surface area (Å²) in [6.45, 7) is 12.4. The second kappa shape index (κ2) is 5.13. The van der Waals surface area contributed by atoms with Crippen LogP contribution in [0, 0.1) is 12.3 Å². The van der Waals surface area contributed by atoms with Crippen molar-refractivity contribution in [2.75, 3.05) is 6.54 Å². The highest BCUT2D eigenvalue weighted by Gasteiger charge is 2.30. The van der Waals surface area contributed by atoms with Gasteiger partial charge >= 0.3 is 0 Å². The largest absolute Gasteiger partial charge is 0.309 e. The van der Waals surface area contributed by atoms with Crippen molar-refractivity contribution in [1.29, 1.82) is 0 Å². The molecule has 0 aliphatic carbocycles. The van der Waals surface area contributed by atoms with E-state index in [4.69, 9.17) is 0 Å². The summed E-state index contributed by atoms with van der Waals surface area (Å²) in [4.78, 5) is 1.50. The summed E-state index contributed by atoms with van der Waals surface area (Å²) in [5.74, 6) is 0. The average molecular weight is 225 g/mol. The minimum absolute atomic E-state index is 0.325. The fraction of sp³-hybridized carbons (Fsp3) is 0.692. The molecule has 1 N–H and O–H groups in total. The molecule has 1 atom stereocenters. The molecule has 0 saturated carbocycles. The molecular formula is C13H23NS. The molecule has 1 nitrogen and oxygen atoms in total. The van der Waals surface area contributed by atoms with Crippen molar-refractivity contribution in [2.24, 2.45) is 5.41 Å². The van der Waals surface area contributed by atoms with Gasteiger partial charge in [-0.2, -0.15) is 0 Å². The van der Waals surface area contributed by atoms with Gasteiger partial charge in [0.15, 0.2) is 0 Å². The first-order chi connectivity index (χ1) is 7.03. The Morgan fingerprint density at radius 3 is 2.47 bits per heavy atom. The monoisotopic (exact) mass is 225 g/mol. The van der Waals surface area contributed by atoms with E-state index in [1.165, 1.54) is 16.9 Å². The molecule has 1 heterocycles. The number of nitrogens with one attached hydrogen (secondary N) is 1. The van der Waals surface area contributed by atoms with Crippen molar-refractivity contribution in [2.45, 2.75) is 47.1 Å². The molecule has 0 aliphatic heterocycles. The maximum absolute atomic E-state index is 3.63. The third-order valence-corrected chi connectivity index (χ3v) is 4.35. The second-order valence-corrected chi connectivity index (χ2v) is 5.75. The lowest BCUT2D eigenvalue weighted by atomic mass is 9.80. The molecule has 86 valence electrons. The van der Waals surface area contributed by atoms with Crippen LogP contribution in [0.25, 0.3) is 0 Å². The predicted octanol–water partition coefficient (Wildman–Crippen LogP) is 4.14. The summed E-state index contributed by atoms with van der Waals surface area (Å²) < 4.78 is 0. The maximum atomic E-state index is 3.63. The summed E-state index contributed by atoms with van der Waals surface area (Å²) in [7, 11) is 0. The Morgan fingerprint density at radius 1 is 1.40 bits per heavy atom. The van der Waals surface area contributed by atoms with E-state index in [1.807, 2.05) is 11.3 Å². The van der Waals surface area contributed by atoms with Crippen LogP contribution in [0.4, 0.5) is 0 Å². The van der Waals surface area contributed by atoms with E-state index < -0.39 is 0 Å². The molecule has 1 rings (SSSR count). The van der Waals surface area contributed by atoms with Crippen molar-refractivity contribution in [3.05, 3.63) is 21.9 Å². The molecular weight excluding hydrogens is 202 g/mol. The Balaban J connectivity index is 2.98. The van der Waals surface area contributed by atoms with Crippen molar-refractivity contribution in [3.63, 3.8) is 0 Å². The average Bonchev–Trinajstić information content (AvgIpc) is 2.60. The van der Waals surface area contributed by atoms with Crippen LogP contribution in [-0.4, -0.2) is 6.54 Å². The lowest BCUT2D eigenvalue weighted by Crippen LogP contribution is -2.33. The second-order valence-electron chi connectivity index (χ2n) is 4.80. The van der Waals surface area contributed by atoms with Gasteiger partial charge in [-0.05, 0) is 42.3 Å². The summed E-state index contributed by atoms with van der Waals surface area (Å²) >= 11 is 1.88. The van der Waals surface area contributed by atoms with Crippen molar-refractivity contribution < 1.29 is 0 Å². The zero-order chi connectivity index (χ0) is 11.5. The van der Waals surface area contributed by atoms with Crippen LogP contribution in [0.5, 0.6) is 0 Å². The van der Waals surface area contributed by atoms with Crippen molar-refractivity contribution in [1.82, 2.24) is 5.32 Å². The molecule has 0 aromatic carbocycles. The Kier molecular flexibility index (Phi) is 4.35. The molecule has 2 heteroatoms. The molecule has 0 aliphatic rings. The smallest absolute Gasteiger partial charge is 0.0469 e. The van der Waals surface area contributed by atoms with E-state index in [9.17, 15) is 0 Å². The van der Waals surface area contributed by atoms with E-state index in [1.54, 1.807) is 0 Å². The number of hydrogen-bond acceptors (Lipinski definition) is 2. The first-order valence-electron chi connectivity index (χ1n) is 5.80. The van der Waals surface area contributed by atoms with Crippen LogP contribution in [-0.2, 0) is 0 Å². The van der Waals surface area contributed by atoms with Crippen molar-refractivity contribution >= 4 is 11.3 Å². The molecule has 0 spiro atoms. The Hall–Kier alpha value is -0.340. The lowest BCUT2D eigenvalue weighted by Gasteiger charge is -2.34. The van der Waals surface area contributed by atoms with Gasteiger partial charge in [0.25, 0.3) is 0 Å². The van der Waals surface area contributed by atoms with Gasteiger partial charge in [0.05, 0.1) is 0 Å². The highest BCUT2D eigenvalue weighted by molar-refractivity contribution is 7.10. The summed E-state index contributed by atoms with van der Waals surface area (Å²) in [6.07, 6.45) is 1.20. The normalized spacial score (nSPS) is 14.2. The van der Waals surface area contributed by atoms with Gasteiger partial charge in [0.1, 0.15) is 0 Å². The highest BCUT2D eigenvalue weighted by Crippen LogP contribution is 2.39. The van der Waals surface area contributed by atoms with Crippen LogP contribution in [0.15, 0.2) is 11.4 Å². The van der Waals surface area contributed by atoms with E-state index in [0.29, 0.717) is 11.5 Å². The Labute approximate surface area is 97.9 Å². The zero-order valence-electron chi connectivity index (χ0n) is 10.6. The minimum Gasteiger partial charge on any atom is -0.309 e. The van der Waals surface area contributed by atoms with Crippen LogP contribution < -0.4 is 5.32 Å². The van der Waals surface area contributed by atoms with E-state index in [0.717, 1.165) is 6.54 Å². The van der Waals surface area contributed by atoms with Gasteiger partial charge in [-0.25, -0.2) is 0 Å². The Bertz CT molecular complexity index is 301. The van der Waals surface area contributed by atoms with Gasteiger partial charge in [-0.3, -0.25) is 0 Å². The van der Waals surface area contributed by atoms with Gasteiger partial charge in [-0.1, -0.05) is 27.7 Å². The van der Waals surface area contributed by atoms with Crippen LogP contribution in [0.2, 0.25) is 0 Å². The van der Waals surface area contributed by atoms with Gasteiger partial charge < -0.3 is 5.32 Å². The number of thiophene rings is 1. The summed E-state index contributed by atoms with van der Waals surface area (Å²) in [5.41, 5.74) is 1.75. The van der Waals surface area contributed by atoms with Crippen LogP contribution >= 0.6 is 11.3 Å². The standard InChI is InChI=1S/C13H23NS/c1-6-13(4,5)12(14-7-2)11-10(3)8-9-15-11/h8-9,12,14H,6-7H2,1-5H3. The van der Waals surface area contributed by atoms with E-state index in [2.05, 4.69) is 51.4 Å². The van der Waals surface area contributed by atoms with Gasteiger partial charge in [-0.15, -0.1) is 11.3 Å². The topological polar surface area (TPSA) is 12.0 Å². The number of aryl methyl sites for hydroxylation is 1. The van der Waals surface area contributed by atoms with Crippen molar-refractivity contribution in [3.8, 4) is 0 Å². The number of hydrogen-bond donors (Lipinski definition) is 1. The molecule has 0 radical (unpaired) electrons. The SMILES string of the molecule is CCNC(c1sccc1C)C(C)(C)CC. The summed E-state index contributed by atoms with van der Waals surface area (Å²) in [5, 5.41) is 5.82. The first kappa shape index (κ1) is 12.7. The fourth-order valence-electron chi connectivity index (χ4n) is 1.81. The molecule has 0 fully saturated rings. The lowest BCUT2D eigenvalue weighted by molar-refractivity contribution is 0.240. The quantitative estimate of drug-likeness (QED) is 0.794. The predicted molar refractivity (Wildman–Crippen MR) is 69.5 cm³/mol. The minimum atomic E-state index is 0.325. The molecule has 0 saturated heterocycles. The van der Waals surface area contributed by atoms with E-state index >= 15 is 0 Å².